The summed E-state index contributed by atoms with van der Waals surface area (Å²) in [6.07, 6.45) is 11.2. The maximum atomic E-state index is 10.4. The second-order valence-corrected chi connectivity index (χ2v) is 11.7. The van der Waals surface area contributed by atoms with Gasteiger partial charge in [0, 0.05) is 17.7 Å². The molecule has 2 unspecified atom stereocenters. The summed E-state index contributed by atoms with van der Waals surface area (Å²) in [5, 5.41) is 28.6. The Morgan fingerprint density at radius 2 is 1.16 bits per heavy atom. The highest BCUT2D eigenvalue weighted by molar-refractivity contribution is 5.25. The number of benzene rings is 2. The molecule has 2 fully saturated rings. The Bertz CT molecular complexity index is 968. The van der Waals surface area contributed by atoms with Crippen LogP contribution in [-0.4, -0.2) is 59.6 Å². The summed E-state index contributed by atoms with van der Waals surface area (Å²) in [6, 6.07) is 16.1. The summed E-state index contributed by atoms with van der Waals surface area (Å²) in [5.41, 5.74) is 4.22. The summed E-state index contributed by atoms with van der Waals surface area (Å²) >= 11 is 0. The second kappa shape index (κ2) is 20.2. The molecule has 0 saturated carbocycles. The van der Waals surface area contributed by atoms with E-state index in [9.17, 15) is 10.2 Å². The molecule has 2 aliphatic heterocycles. The zero-order chi connectivity index (χ0) is 30.9. The molecule has 2 heterocycles. The van der Waals surface area contributed by atoms with Gasteiger partial charge in [-0.2, -0.15) is 0 Å². The van der Waals surface area contributed by atoms with E-state index >= 15 is 0 Å². The van der Waals surface area contributed by atoms with Crippen LogP contribution >= 0.6 is 0 Å². The van der Waals surface area contributed by atoms with Crippen molar-refractivity contribution >= 4 is 0 Å². The van der Waals surface area contributed by atoms with Crippen LogP contribution in [0, 0.1) is 0 Å². The highest BCUT2D eigenvalue weighted by Crippen LogP contribution is 2.39. The van der Waals surface area contributed by atoms with Crippen LogP contribution in [0.3, 0.4) is 0 Å². The van der Waals surface area contributed by atoms with Gasteiger partial charge in [0.25, 0.3) is 0 Å². The largest absolute Gasteiger partial charge is 0.396 e. The minimum Gasteiger partial charge on any atom is -0.396 e. The molecule has 2 saturated heterocycles. The first-order chi connectivity index (χ1) is 21.0. The minimum atomic E-state index is -1.08. The Morgan fingerprint density at radius 3 is 1.65 bits per heavy atom. The molecule has 2 aromatic rings. The van der Waals surface area contributed by atoms with E-state index in [1.54, 1.807) is 0 Å². The number of hydrogen-bond acceptors (Lipinski definition) is 7. The van der Waals surface area contributed by atoms with Gasteiger partial charge in [-0.1, -0.05) is 127 Å². The number of aryl methyl sites for hydroxylation is 2. The van der Waals surface area contributed by atoms with Crippen LogP contribution in [0.25, 0.3) is 0 Å². The number of ether oxygens (including phenoxy) is 4. The number of hydrogen-bond donors (Lipinski definition) is 3. The smallest absolute Gasteiger partial charge is 0.184 e. The third kappa shape index (κ3) is 11.5. The molecule has 6 atom stereocenters. The van der Waals surface area contributed by atoms with Crippen LogP contribution in [0.5, 0.6) is 0 Å². The van der Waals surface area contributed by atoms with Gasteiger partial charge in [-0.25, -0.2) is 0 Å². The fraction of sp³-hybridized carbons (Fsp3) is 0.667. The van der Waals surface area contributed by atoms with E-state index in [1.165, 1.54) is 68.9 Å². The first kappa shape index (κ1) is 35.6. The van der Waals surface area contributed by atoms with Crippen molar-refractivity contribution in [3.8, 4) is 0 Å². The van der Waals surface area contributed by atoms with Crippen LogP contribution in [-0.2, 0) is 31.8 Å². The SMILES string of the molecule is CCCCCCCCCCCCO.CCc1ccc(C2OC[C@@H]3OC(c4ccc(CC)cc4)O[C@H]([C@H](O)CO)[C@@H]3O2)cc1. The van der Waals surface area contributed by atoms with Crippen molar-refractivity contribution in [3.63, 3.8) is 0 Å². The molecule has 242 valence electrons. The van der Waals surface area contributed by atoms with Gasteiger partial charge in [0.05, 0.1) is 13.2 Å². The molecule has 0 amide bonds. The fourth-order valence-electron chi connectivity index (χ4n) is 5.53. The molecular weight excluding hydrogens is 544 g/mol. The summed E-state index contributed by atoms with van der Waals surface area (Å²) in [7, 11) is 0. The Hall–Kier alpha value is -1.84. The number of aliphatic hydroxyl groups excluding tert-OH is 3. The first-order valence-electron chi connectivity index (χ1n) is 16.7. The van der Waals surface area contributed by atoms with Crippen LogP contribution in [0.1, 0.15) is 120 Å². The second-order valence-electron chi connectivity index (χ2n) is 11.7. The molecule has 3 N–H and O–H groups in total. The van der Waals surface area contributed by atoms with E-state index in [0.29, 0.717) is 13.2 Å². The average molecular weight is 601 g/mol. The zero-order valence-electron chi connectivity index (χ0n) is 26.7. The summed E-state index contributed by atoms with van der Waals surface area (Å²) in [5.74, 6) is 0. The van der Waals surface area contributed by atoms with Crippen LogP contribution in [0.2, 0.25) is 0 Å². The molecule has 0 aromatic heterocycles. The van der Waals surface area contributed by atoms with E-state index < -0.39 is 43.6 Å². The monoisotopic (exact) mass is 600 g/mol. The van der Waals surface area contributed by atoms with Crippen LogP contribution in [0.4, 0.5) is 0 Å². The normalized spacial score (nSPS) is 24.1. The zero-order valence-corrected chi connectivity index (χ0v) is 26.7. The lowest BCUT2D eigenvalue weighted by Gasteiger charge is -2.47. The molecule has 0 bridgehead atoms. The molecule has 7 nitrogen and oxygen atoms in total. The number of aliphatic hydroxyl groups is 3. The lowest BCUT2D eigenvalue weighted by atomic mass is 9.99. The van der Waals surface area contributed by atoms with E-state index in [1.807, 2.05) is 36.4 Å². The summed E-state index contributed by atoms with van der Waals surface area (Å²) in [4.78, 5) is 0. The van der Waals surface area contributed by atoms with Crippen LogP contribution in [0.15, 0.2) is 48.5 Å². The molecule has 0 aliphatic carbocycles. The van der Waals surface area contributed by atoms with Gasteiger partial charge in [-0.05, 0) is 30.4 Å². The third-order valence-electron chi connectivity index (χ3n) is 8.36. The quantitative estimate of drug-likeness (QED) is 0.179. The fourth-order valence-corrected chi connectivity index (χ4v) is 5.53. The van der Waals surface area contributed by atoms with E-state index in [4.69, 9.17) is 24.1 Å². The molecule has 0 spiro atoms. The van der Waals surface area contributed by atoms with Crippen molar-refractivity contribution in [3.05, 3.63) is 70.8 Å². The Balaban J connectivity index is 0.000000331. The van der Waals surface area contributed by atoms with E-state index in [2.05, 4.69) is 32.9 Å². The maximum absolute atomic E-state index is 10.4. The van der Waals surface area contributed by atoms with Crippen molar-refractivity contribution in [1.82, 2.24) is 0 Å². The number of rotatable bonds is 16. The van der Waals surface area contributed by atoms with Crippen LogP contribution < -0.4 is 0 Å². The summed E-state index contributed by atoms with van der Waals surface area (Å²) in [6.45, 7) is 6.73. The Labute approximate surface area is 259 Å². The van der Waals surface area contributed by atoms with Crippen molar-refractivity contribution in [2.75, 3.05) is 19.8 Å². The highest BCUT2D eigenvalue weighted by Gasteiger charge is 2.48. The van der Waals surface area contributed by atoms with E-state index in [-0.39, 0.29) is 0 Å². The minimum absolute atomic E-state index is 0.312. The topological polar surface area (TPSA) is 97.6 Å². The lowest BCUT2D eigenvalue weighted by molar-refractivity contribution is -0.373. The van der Waals surface area contributed by atoms with Gasteiger partial charge < -0.3 is 34.3 Å². The number of unbranched alkanes of at least 4 members (excludes halogenated alkanes) is 9. The van der Waals surface area contributed by atoms with Gasteiger partial charge in [0.1, 0.15) is 24.4 Å². The van der Waals surface area contributed by atoms with Crippen molar-refractivity contribution in [2.45, 2.75) is 135 Å². The van der Waals surface area contributed by atoms with Crippen molar-refractivity contribution in [1.29, 1.82) is 0 Å². The molecule has 7 heteroatoms. The van der Waals surface area contributed by atoms with Gasteiger partial charge in [0.15, 0.2) is 12.6 Å². The van der Waals surface area contributed by atoms with E-state index in [0.717, 1.165) is 30.4 Å². The third-order valence-corrected chi connectivity index (χ3v) is 8.36. The van der Waals surface area contributed by atoms with Gasteiger partial charge in [-0.15, -0.1) is 0 Å². The highest BCUT2D eigenvalue weighted by atomic mass is 16.8. The Kier molecular flexibility index (Phi) is 16.8. The standard InChI is InChI=1S/C24H30O6.C12H26O/c1-3-15-5-9-17(10-6-15)23-27-14-20-22(30-23)21(19(26)13-25)29-24(28-20)18-11-7-16(4-2)8-12-18;1-2-3-4-5-6-7-8-9-10-11-12-13/h5-12,19-26H,3-4,13-14H2,1-2H3;13H,2-12H2,1H3/t19-,20+,21-,22-,23?,24?;/m1./s1. The van der Waals surface area contributed by atoms with Crippen molar-refractivity contribution in [2.24, 2.45) is 0 Å². The van der Waals surface area contributed by atoms with Gasteiger partial charge in [-0.3, -0.25) is 0 Å². The van der Waals surface area contributed by atoms with Gasteiger partial charge >= 0.3 is 0 Å². The Morgan fingerprint density at radius 1 is 0.651 bits per heavy atom. The molecule has 2 aromatic carbocycles. The molecule has 0 radical (unpaired) electrons. The lowest BCUT2D eigenvalue weighted by Crippen LogP contribution is -2.58. The maximum Gasteiger partial charge on any atom is 0.184 e. The van der Waals surface area contributed by atoms with Gasteiger partial charge in [0.2, 0.25) is 0 Å². The molecule has 4 rings (SSSR count). The average Bonchev–Trinajstić information content (AvgIpc) is 3.07. The number of fused-ring (bicyclic) bond motifs is 1. The first-order valence-corrected chi connectivity index (χ1v) is 16.7. The summed E-state index contributed by atoms with van der Waals surface area (Å²) < 4.78 is 24.3. The predicted molar refractivity (Wildman–Crippen MR) is 170 cm³/mol. The predicted octanol–water partition coefficient (Wildman–Crippen LogP) is 6.96. The van der Waals surface area contributed by atoms with Crippen molar-refractivity contribution < 1.29 is 34.3 Å². The molecule has 2 aliphatic rings. The molecular formula is C36H56O7. The molecule has 43 heavy (non-hydrogen) atoms.